The van der Waals surface area contributed by atoms with Crippen LogP contribution in [0, 0.1) is 17.8 Å². The first-order valence-electron chi connectivity index (χ1n) is 9.91. The highest BCUT2D eigenvalue weighted by Crippen LogP contribution is 2.58. The first kappa shape index (κ1) is 18.3. The molecule has 3 heteroatoms. The van der Waals surface area contributed by atoms with Crippen molar-refractivity contribution in [3.63, 3.8) is 0 Å². The van der Waals surface area contributed by atoms with Crippen molar-refractivity contribution in [2.45, 2.75) is 51.9 Å². The molecule has 0 radical (unpaired) electrons. The van der Waals surface area contributed by atoms with Gasteiger partial charge in [-0.25, -0.2) is 0 Å². The van der Waals surface area contributed by atoms with E-state index in [1.165, 1.54) is 36.0 Å². The molecule has 0 bridgehead atoms. The largest absolute Gasteiger partial charge is 0.269 e. The Labute approximate surface area is 160 Å². The van der Waals surface area contributed by atoms with Crippen LogP contribution in [0.5, 0.6) is 0 Å². The topological polar surface area (TPSA) is 17.1 Å². The van der Waals surface area contributed by atoms with Gasteiger partial charge in [0.2, 0.25) is 0 Å². The average molecular weight is 382 g/mol. The van der Waals surface area contributed by atoms with Gasteiger partial charge in [0.15, 0.2) is 8.46 Å². The monoisotopic (exact) mass is 382 g/mol. The second-order valence-corrected chi connectivity index (χ2v) is 11.5. The molecule has 1 aliphatic heterocycles. The predicted molar refractivity (Wildman–Crippen MR) is 115 cm³/mol. The standard InChI is InChI=1S/C23H28OP2/c1-15(2)17-12-11-16(3)13-23(17)26-14-20-18(8-6-9-21(20)25-24)19-7-4-5-10-22(19)26/h4-10,15-17,23H,11-14H2,1-3H3. The molecule has 2 aliphatic rings. The fourth-order valence-electron chi connectivity index (χ4n) is 5.09. The Morgan fingerprint density at radius 2 is 1.81 bits per heavy atom. The molecule has 0 amide bonds. The lowest BCUT2D eigenvalue weighted by Crippen LogP contribution is -2.35. The van der Waals surface area contributed by atoms with Crippen LogP contribution in [-0.2, 0) is 10.7 Å². The van der Waals surface area contributed by atoms with E-state index in [9.17, 15) is 4.57 Å². The zero-order valence-corrected chi connectivity index (χ0v) is 17.8. The van der Waals surface area contributed by atoms with Gasteiger partial charge >= 0.3 is 0 Å². The third kappa shape index (κ3) is 3.19. The van der Waals surface area contributed by atoms with Gasteiger partial charge in [-0.15, -0.1) is 0 Å². The Kier molecular flexibility index (Phi) is 5.31. The van der Waals surface area contributed by atoms with E-state index in [2.05, 4.69) is 57.2 Å². The van der Waals surface area contributed by atoms with Crippen LogP contribution in [0.25, 0.3) is 11.1 Å². The van der Waals surface area contributed by atoms with Gasteiger partial charge in [-0.3, -0.25) is 4.57 Å². The Morgan fingerprint density at radius 1 is 1.04 bits per heavy atom. The molecule has 4 rings (SSSR count). The van der Waals surface area contributed by atoms with E-state index in [0.717, 1.165) is 34.9 Å². The summed E-state index contributed by atoms with van der Waals surface area (Å²) in [6.07, 6.45) is 5.22. The molecule has 1 aliphatic carbocycles. The molecule has 4 unspecified atom stereocenters. The van der Waals surface area contributed by atoms with Crippen molar-refractivity contribution in [2.75, 3.05) is 0 Å². The molecule has 0 aromatic heterocycles. The molecule has 0 spiro atoms. The van der Waals surface area contributed by atoms with Gasteiger partial charge in [0, 0.05) is 5.30 Å². The Hall–Kier alpha value is -1.03. The third-order valence-electron chi connectivity index (χ3n) is 6.47. The lowest BCUT2D eigenvalue weighted by Gasteiger charge is -2.44. The highest BCUT2D eigenvalue weighted by atomic mass is 31.1. The number of hydrogen-bond acceptors (Lipinski definition) is 1. The molecule has 0 N–H and O–H groups in total. The fraction of sp³-hybridized carbons (Fsp3) is 0.478. The minimum atomic E-state index is -0.256. The van der Waals surface area contributed by atoms with E-state index < -0.39 is 0 Å². The van der Waals surface area contributed by atoms with E-state index in [0.29, 0.717) is 0 Å². The number of rotatable bonds is 3. The summed E-state index contributed by atoms with van der Waals surface area (Å²) in [5, 5.41) is 2.58. The molecular formula is C23H28OP2. The van der Waals surface area contributed by atoms with Crippen molar-refractivity contribution in [2.24, 2.45) is 17.8 Å². The summed E-state index contributed by atoms with van der Waals surface area (Å²) in [4.78, 5) is 0. The lowest BCUT2D eigenvalue weighted by atomic mass is 9.77. The summed E-state index contributed by atoms with van der Waals surface area (Å²) < 4.78 is 11.8. The summed E-state index contributed by atoms with van der Waals surface area (Å²) in [6, 6.07) is 15.4. The Balaban J connectivity index is 1.83. The molecule has 26 heavy (non-hydrogen) atoms. The first-order valence-corrected chi connectivity index (χ1v) is 12.3. The summed E-state index contributed by atoms with van der Waals surface area (Å²) in [5.74, 6) is 2.40. The van der Waals surface area contributed by atoms with Crippen molar-refractivity contribution >= 4 is 27.0 Å². The van der Waals surface area contributed by atoms with Crippen molar-refractivity contribution < 1.29 is 4.57 Å². The van der Waals surface area contributed by atoms with Crippen LogP contribution in [0.1, 0.15) is 45.6 Å². The summed E-state index contributed by atoms with van der Waals surface area (Å²) in [7, 11) is -0.0938. The van der Waals surface area contributed by atoms with Crippen molar-refractivity contribution in [1.82, 2.24) is 0 Å². The lowest BCUT2D eigenvalue weighted by molar-refractivity contribution is 0.241. The Bertz CT molecular complexity index is 814. The van der Waals surface area contributed by atoms with Gasteiger partial charge < -0.3 is 0 Å². The van der Waals surface area contributed by atoms with Gasteiger partial charge in [0.25, 0.3) is 0 Å². The van der Waals surface area contributed by atoms with Crippen LogP contribution in [0.3, 0.4) is 0 Å². The van der Waals surface area contributed by atoms with Gasteiger partial charge in [0.1, 0.15) is 0 Å². The molecule has 0 saturated heterocycles. The van der Waals surface area contributed by atoms with Crippen LogP contribution in [0.2, 0.25) is 0 Å². The quantitative estimate of drug-likeness (QED) is 0.565. The fourth-order valence-corrected chi connectivity index (χ4v) is 9.47. The van der Waals surface area contributed by atoms with E-state index in [1.807, 2.05) is 6.07 Å². The van der Waals surface area contributed by atoms with E-state index in [-0.39, 0.29) is 16.4 Å². The summed E-state index contributed by atoms with van der Waals surface area (Å²) in [6.45, 7) is 7.26. The minimum absolute atomic E-state index is 0.162. The maximum atomic E-state index is 11.8. The van der Waals surface area contributed by atoms with Crippen molar-refractivity contribution in [1.29, 1.82) is 0 Å². The van der Waals surface area contributed by atoms with Gasteiger partial charge in [-0.1, -0.05) is 71.5 Å². The van der Waals surface area contributed by atoms with Crippen LogP contribution in [0.15, 0.2) is 42.5 Å². The highest BCUT2D eigenvalue weighted by Gasteiger charge is 2.39. The highest BCUT2D eigenvalue weighted by molar-refractivity contribution is 7.66. The molecular weight excluding hydrogens is 354 g/mol. The predicted octanol–water partition coefficient (Wildman–Crippen LogP) is 6.35. The maximum absolute atomic E-state index is 11.8. The molecule has 2 aromatic carbocycles. The maximum Gasteiger partial charge on any atom is 0.192 e. The van der Waals surface area contributed by atoms with Gasteiger partial charge in [-0.05, 0) is 70.5 Å². The molecule has 1 nitrogen and oxygen atoms in total. The van der Waals surface area contributed by atoms with Crippen LogP contribution in [0.4, 0.5) is 0 Å². The van der Waals surface area contributed by atoms with Crippen molar-refractivity contribution in [3.05, 3.63) is 48.0 Å². The van der Waals surface area contributed by atoms with Crippen LogP contribution in [-0.4, -0.2) is 5.66 Å². The average Bonchev–Trinajstić information content (AvgIpc) is 2.66. The number of fused-ring (bicyclic) bond motifs is 3. The minimum Gasteiger partial charge on any atom is -0.269 e. The molecule has 1 saturated carbocycles. The van der Waals surface area contributed by atoms with Crippen LogP contribution < -0.4 is 10.6 Å². The number of benzene rings is 2. The second kappa shape index (κ2) is 7.53. The zero-order chi connectivity index (χ0) is 18.3. The van der Waals surface area contributed by atoms with E-state index in [1.54, 1.807) is 5.30 Å². The summed E-state index contributed by atoms with van der Waals surface area (Å²) >= 11 is 0. The SMILES string of the molecule is CC1CCC(C(C)C)C(P2Cc3c(P=O)cccc3-c3ccccc32)C1. The zero-order valence-electron chi connectivity index (χ0n) is 16.0. The van der Waals surface area contributed by atoms with Crippen molar-refractivity contribution in [3.8, 4) is 11.1 Å². The molecule has 1 fully saturated rings. The molecule has 136 valence electrons. The van der Waals surface area contributed by atoms with E-state index >= 15 is 0 Å². The third-order valence-corrected chi connectivity index (χ3v) is 10.1. The Morgan fingerprint density at radius 3 is 2.58 bits per heavy atom. The summed E-state index contributed by atoms with van der Waals surface area (Å²) in [5.41, 5.74) is 4.84. The molecule has 4 atom stereocenters. The first-order chi connectivity index (χ1) is 12.6. The second-order valence-electron chi connectivity index (χ2n) is 8.43. The smallest absolute Gasteiger partial charge is 0.192 e. The van der Waals surface area contributed by atoms with Crippen LogP contribution >= 0.6 is 16.4 Å². The normalized spacial score (nSPS) is 28.0. The molecule has 1 heterocycles. The van der Waals surface area contributed by atoms with E-state index in [4.69, 9.17) is 0 Å². The van der Waals surface area contributed by atoms with Gasteiger partial charge in [0.05, 0.1) is 0 Å². The number of hydrogen-bond donors (Lipinski definition) is 0. The van der Waals surface area contributed by atoms with Gasteiger partial charge in [-0.2, -0.15) is 0 Å². The molecule has 2 aromatic rings.